The van der Waals surface area contributed by atoms with Gasteiger partial charge in [-0.1, -0.05) is 35.4 Å². The molecule has 0 saturated heterocycles. The molecule has 0 aliphatic carbocycles. The van der Waals surface area contributed by atoms with Gasteiger partial charge in [0.05, 0.1) is 28.0 Å². The van der Waals surface area contributed by atoms with Crippen LogP contribution >= 0.6 is 23.2 Å². The Morgan fingerprint density at radius 2 is 1.89 bits per heavy atom. The number of benzene rings is 1. The molecule has 0 radical (unpaired) electrons. The van der Waals surface area contributed by atoms with Crippen LogP contribution in [0.2, 0.25) is 10.0 Å². The number of nitrogens with one attached hydrogen (secondary N) is 1. The summed E-state index contributed by atoms with van der Waals surface area (Å²) in [6.45, 7) is 12.2. The zero-order chi connectivity index (χ0) is 20.8. The van der Waals surface area contributed by atoms with Crippen molar-refractivity contribution in [1.82, 2.24) is 19.2 Å². The lowest BCUT2D eigenvalue weighted by Gasteiger charge is -2.20. The third kappa shape index (κ3) is 4.66. The van der Waals surface area contributed by atoms with Gasteiger partial charge in [-0.3, -0.25) is 9.36 Å². The summed E-state index contributed by atoms with van der Waals surface area (Å²) in [4.78, 5) is 26.5. The second kappa shape index (κ2) is 9.61. The summed E-state index contributed by atoms with van der Waals surface area (Å²) in [7, 11) is 0. The maximum Gasteiger partial charge on any atom is 0.350 e. The first kappa shape index (κ1) is 21.8. The predicted molar refractivity (Wildman–Crippen MR) is 114 cm³/mol. The average Bonchev–Trinajstić information content (AvgIpc) is 2.94. The number of aromatic nitrogens is 3. The van der Waals surface area contributed by atoms with Gasteiger partial charge in [-0.15, -0.1) is 13.2 Å². The van der Waals surface area contributed by atoms with Gasteiger partial charge >= 0.3 is 5.69 Å². The molecular formula is C19H23Cl2N5O2. The van der Waals surface area contributed by atoms with Gasteiger partial charge in [0.25, 0.3) is 0 Å². The van der Waals surface area contributed by atoms with Gasteiger partial charge in [0.2, 0.25) is 5.91 Å². The Hall–Kier alpha value is -2.51. The van der Waals surface area contributed by atoms with Crippen molar-refractivity contribution >= 4 is 34.8 Å². The number of aryl methyl sites for hydroxylation is 1. The minimum absolute atomic E-state index is 0.0137. The Morgan fingerprint density at radius 1 is 1.25 bits per heavy atom. The lowest BCUT2D eigenvalue weighted by molar-refractivity contribution is -0.128. The zero-order valence-electron chi connectivity index (χ0n) is 15.9. The van der Waals surface area contributed by atoms with Crippen molar-refractivity contribution in [1.29, 1.82) is 0 Å². The normalized spacial score (nSPS) is 10.6. The third-order valence-corrected chi connectivity index (χ3v) is 4.73. The van der Waals surface area contributed by atoms with E-state index < -0.39 is 0 Å². The molecule has 0 bridgehead atoms. The second-order valence-corrected chi connectivity index (χ2v) is 6.81. The number of hydrogen-bond acceptors (Lipinski definition) is 4. The maximum absolute atomic E-state index is 12.5. The van der Waals surface area contributed by atoms with Crippen LogP contribution in [0.15, 0.2) is 42.2 Å². The Morgan fingerprint density at radius 3 is 2.43 bits per heavy atom. The van der Waals surface area contributed by atoms with Crippen LogP contribution < -0.4 is 11.0 Å². The smallest absolute Gasteiger partial charge is 0.350 e. The van der Waals surface area contributed by atoms with E-state index in [2.05, 4.69) is 23.6 Å². The first-order chi connectivity index (χ1) is 13.3. The number of amides is 1. The molecule has 2 rings (SSSR count). The van der Waals surface area contributed by atoms with E-state index in [1.54, 1.807) is 30.0 Å². The fraction of sp³-hybridized carbons (Fsp3) is 0.316. The molecule has 7 nitrogen and oxygen atoms in total. The van der Waals surface area contributed by atoms with Crippen molar-refractivity contribution in [2.24, 2.45) is 0 Å². The largest absolute Gasteiger partial charge is 0.375 e. The van der Waals surface area contributed by atoms with E-state index in [-0.39, 0.29) is 23.2 Å². The highest BCUT2D eigenvalue weighted by Gasteiger charge is 2.17. The van der Waals surface area contributed by atoms with E-state index in [1.165, 1.54) is 15.3 Å². The molecule has 2 aromatic rings. The summed E-state index contributed by atoms with van der Waals surface area (Å²) in [5.74, 6) is 0.434. The van der Waals surface area contributed by atoms with Crippen LogP contribution in [0.5, 0.6) is 0 Å². The molecule has 0 unspecified atom stereocenters. The first-order valence-corrected chi connectivity index (χ1v) is 9.48. The summed E-state index contributed by atoms with van der Waals surface area (Å²) in [6.07, 6.45) is 3.29. The van der Waals surface area contributed by atoms with E-state index in [0.717, 1.165) is 0 Å². The van der Waals surface area contributed by atoms with Crippen molar-refractivity contribution in [3.8, 4) is 5.69 Å². The molecule has 1 amide bonds. The van der Waals surface area contributed by atoms with Crippen LogP contribution in [0.1, 0.15) is 12.7 Å². The van der Waals surface area contributed by atoms with Gasteiger partial charge in [-0.05, 0) is 26.0 Å². The number of halogens is 2. The first-order valence-electron chi connectivity index (χ1n) is 8.73. The fourth-order valence-electron chi connectivity index (χ4n) is 2.72. The minimum atomic E-state index is -0.297. The van der Waals surface area contributed by atoms with Gasteiger partial charge in [0, 0.05) is 19.6 Å². The van der Waals surface area contributed by atoms with Crippen LogP contribution in [0.25, 0.3) is 5.69 Å². The van der Waals surface area contributed by atoms with E-state index in [9.17, 15) is 9.59 Å². The topological polar surface area (TPSA) is 72.2 Å². The monoisotopic (exact) mass is 423 g/mol. The molecule has 9 heteroatoms. The van der Waals surface area contributed by atoms with Crippen LogP contribution in [0, 0.1) is 6.92 Å². The number of hydrogen-bond donors (Lipinski definition) is 1. The quantitative estimate of drug-likeness (QED) is 0.628. The summed E-state index contributed by atoms with van der Waals surface area (Å²) in [5, 5.41) is 7.89. The van der Waals surface area contributed by atoms with Crippen LogP contribution in [-0.4, -0.2) is 44.8 Å². The van der Waals surface area contributed by atoms with Crippen molar-refractivity contribution in [3.63, 3.8) is 0 Å². The van der Waals surface area contributed by atoms with E-state index in [1.807, 2.05) is 6.92 Å². The van der Waals surface area contributed by atoms with E-state index in [0.29, 0.717) is 41.9 Å². The van der Waals surface area contributed by atoms with Crippen molar-refractivity contribution < 1.29 is 4.79 Å². The SMILES string of the molecule is C=CCN(CC=C)C(=O)CNc1cc(-n2nc(C)n(CC)c2=O)c(Cl)cc1Cl. The highest BCUT2D eigenvalue weighted by atomic mass is 35.5. The molecule has 0 fully saturated rings. The summed E-state index contributed by atoms with van der Waals surface area (Å²) >= 11 is 12.6. The molecule has 0 spiro atoms. The molecule has 0 atom stereocenters. The Labute approximate surface area is 173 Å². The third-order valence-electron chi connectivity index (χ3n) is 4.11. The Balaban J connectivity index is 2.31. The molecule has 0 aliphatic rings. The molecule has 0 aliphatic heterocycles. The summed E-state index contributed by atoms with van der Waals surface area (Å²) in [5.41, 5.74) is 0.562. The van der Waals surface area contributed by atoms with Crippen molar-refractivity contribution in [2.75, 3.05) is 25.0 Å². The number of anilines is 1. The maximum atomic E-state index is 12.5. The number of rotatable bonds is 9. The molecule has 150 valence electrons. The Kier molecular flexibility index (Phi) is 7.48. The van der Waals surface area contributed by atoms with Crippen molar-refractivity contribution in [2.45, 2.75) is 20.4 Å². The minimum Gasteiger partial charge on any atom is -0.375 e. The van der Waals surface area contributed by atoms with Gasteiger partial charge in [0.1, 0.15) is 5.82 Å². The highest BCUT2D eigenvalue weighted by molar-refractivity contribution is 6.37. The second-order valence-electron chi connectivity index (χ2n) is 6.00. The zero-order valence-corrected chi connectivity index (χ0v) is 17.4. The molecule has 0 saturated carbocycles. The Bertz CT molecular complexity index is 939. The summed E-state index contributed by atoms with van der Waals surface area (Å²) < 4.78 is 2.76. The summed E-state index contributed by atoms with van der Waals surface area (Å²) in [6, 6.07) is 3.13. The number of carbonyl (C=O) groups is 1. The number of nitrogens with zero attached hydrogens (tertiary/aromatic N) is 4. The van der Waals surface area contributed by atoms with E-state index >= 15 is 0 Å². The van der Waals surface area contributed by atoms with Gasteiger partial charge < -0.3 is 10.2 Å². The molecule has 1 N–H and O–H groups in total. The molecule has 1 heterocycles. The van der Waals surface area contributed by atoms with Gasteiger partial charge in [-0.2, -0.15) is 9.78 Å². The standard InChI is InChI=1S/C19H23Cl2N5O2/c1-5-8-24(9-6-2)18(27)12-22-16-11-17(15(21)10-14(16)20)26-19(28)25(7-3)13(4)23-26/h5-6,10-11,22H,1-2,7-9,12H2,3-4H3. The fourth-order valence-corrected chi connectivity index (χ4v) is 3.25. The molecular weight excluding hydrogens is 401 g/mol. The lowest BCUT2D eigenvalue weighted by atomic mass is 10.2. The van der Waals surface area contributed by atoms with Crippen molar-refractivity contribution in [3.05, 3.63) is 63.8 Å². The molecule has 1 aromatic heterocycles. The predicted octanol–water partition coefficient (Wildman–Crippen LogP) is 3.28. The lowest BCUT2D eigenvalue weighted by Crippen LogP contribution is -2.35. The van der Waals surface area contributed by atoms with E-state index in [4.69, 9.17) is 23.2 Å². The van der Waals surface area contributed by atoms with Gasteiger partial charge in [0.15, 0.2) is 0 Å². The number of carbonyl (C=O) groups excluding carboxylic acids is 1. The van der Waals surface area contributed by atoms with Gasteiger partial charge in [-0.25, -0.2) is 4.79 Å². The molecule has 1 aromatic carbocycles. The molecule has 28 heavy (non-hydrogen) atoms. The van der Waals surface area contributed by atoms with Crippen LogP contribution in [-0.2, 0) is 11.3 Å². The van der Waals surface area contributed by atoms with Crippen LogP contribution in [0.4, 0.5) is 5.69 Å². The van der Waals surface area contributed by atoms with Crippen LogP contribution in [0.3, 0.4) is 0 Å². The highest BCUT2D eigenvalue weighted by Crippen LogP contribution is 2.30. The average molecular weight is 424 g/mol.